The van der Waals surface area contributed by atoms with Crippen LogP contribution in [0.25, 0.3) is 22.6 Å². The molecule has 1 atom stereocenters. The van der Waals surface area contributed by atoms with Crippen molar-refractivity contribution in [2.45, 2.75) is 46.8 Å². The first-order valence-corrected chi connectivity index (χ1v) is 10.4. The summed E-state index contributed by atoms with van der Waals surface area (Å²) in [6.07, 6.45) is 0.939. The van der Waals surface area contributed by atoms with Gasteiger partial charge in [-0.1, -0.05) is 11.6 Å². The molecule has 0 fully saturated rings. The van der Waals surface area contributed by atoms with Crippen molar-refractivity contribution in [1.82, 2.24) is 14.5 Å². The van der Waals surface area contributed by atoms with Gasteiger partial charge in [0.2, 0.25) is 0 Å². The van der Waals surface area contributed by atoms with Crippen molar-refractivity contribution in [2.75, 3.05) is 13.2 Å². The Labute approximate surface area is 176 Å². The number of aromatic nitrogens is 3. The molecule has 1 aliphatic rings. The highest BCUT2D eigenvalue weighted by Crippen LogP contribution is 2.35. The molecular formula is C23H26ClN3O2. The zero-order valence-electron chi connectivity index (χ0n) is 17.3. The molecular weight excluding hydrogens is 386 g/mol. The van der Waals surface area contributed by atoms with E-state index < -0.39 is 0 Å². The van der Waals surface area contributed by atoms with Crippen LogP contribution in [0.4, 0.5) is 0 Å². The van der Waals surface area contributed by atoms with Crippen LogP contribution < -0.4 is 4.74 Å². The largest absolute Gasteiger partial charge is 0.492 e. The van der Waals surface area contributed by atoms with Crippen LogP contribution in [0.3, 0.4) is 0 Å². The zero-order chi connectivity index (χ0) is 20.5. The van der Waals surface area contributed by atoms with E-state index in [2.05, 4.69) is 28.6 Å². The molecule has 6 heteroatoms. The summed E-state index contributed by atoms with van der Waals surface area (Å²) >= 11 is 6.47. The maximum absolute atomic E-state index is 6.47. The van der Waals surface area contributed by atoms with Gasteiger partial charge < -0.3 is 14.0 Å². The Kier molecular flexibility index (Phi) is 5.61. The summed E-state index contributed by atoms with van der Waals surface area (Å²) in [4.78, 5) is 9.60. The van der Waals surface area contributed by atoms with Gasteiger partial charge in [0, 0.05) is 34.6 Å². The minimum Gasteiger partial charge on any atom is -0.492 e. The highest BCUT2D eigenvalue weighted by atomic mass is 35.5. The van der Waals surface area contributed by atoms with E-state index in [0.29, 0.717) is 24.0 Å². The summed E-state index contributed by atoms with van der Waals surface area (Å²) < 4.78 is 13.8. The highest BCUT2D eigenvalue weighted by molar-refractivity contribution is 6.32. The fourth-order valence-electron chi connectivity index (χ4n) is 3.94. The number of rotatable bonds is 4. The van der Waals surface area contributed by atoms with Crippen molar-refractivity contribution in [3.8, 4) is 28.4 Å². The number of benzene rings is 1. The number of imidazole rings is 1. The third kappa shape index (κ3) is 4.02. The molecule has 0 aliphatic carbocycles. The molecule has 1 aromatic carbocycles. The van der Waals surface area contributed by atoms with Gasteiger partial charge in [0.25, 0.3) is 0 Å². The number of hydrogen-bond donors (Lipinski definition) is 0. The lowest BCUT2D eigenvalue weighted by Crippen LogP contribution is -2.15. The molecule has 0 saturated heterocycles. The van der Waals surface area contributed by atoms with Crippen LogP contribution in [0.5, 0.6) is 5.75 Å². The number of halogens is 1. The normalized spacial score (nSPS) is 16.4. The Morgan fingerprint density at radius 1 is 1.14 bits per heavy atom. The first kappa shape index (κ1) is 19.9. The van der Waals surface area contributed by atoms with Gasteiger partial charge >= 0.3 is 0 Å². The average Bonchev–Trinajstić information content (AvgIpc) is 2.89. The number of nitrogens with zero attached hydrogens (tertiary/aromatic N) is 3. The smallest absolute Gasteiger partial charge is 0.141 e. The predicted molar refractivity (Wildman–Crippen MR) is 116 cm³/mol. The summed E-state index contributed by atoms with van der Waals surface area (Å²) in [6.45, 7) is 10.1. The summed E-state index contributed by atoms with van der Waals surface area (Å²) in [6, 6.07) is 10.1. The van der Waals surface area contributed by atoms with Crippen LogP contribution in [-0.4, -0.2) is 33.9 Å². The van der Waals surface area contributed by atoms with Crippen LogP contribution in [0, 0.1) is 13.8 Å². The quantitative estimate of drug-likeness (QED) is 0.588. The second kappa shape index (κ2) is 8.17. The fourth-order valence-corrected chi connectivity index (χ4v) is 4.17. The second-order valence-electron chi connectivity index (χ2n) is 7.49. The van der Waals surface area contributed by atoms with E-state index in [9.17, 15) is 0 Å². The molecule has 5 nitrogen and oxygen atoms in total. The Morgan fingerprint density at radius 3 is 2.59 bits per heavy atom. The van der Waals surface area contributed by atoms with Gasteiger partial charge in [-0.3, -0.25) is 4.98 Å². The Morgan fingerprint density at radius 2 is 1.90 bits per heavy atom. The van der Waals surface area contributed by atoms with E-state index in [4.69, 9.17) is 26.1 Å². The number of pyridine rings is 1. The number of fused-ring (bicyclic) bond motifs is 1. The molecule has 29 heavy (non-hydrogen) atoms. The van der Waals surface area contributed by atoms with Crippen molar-refractivity contribution in [3.05, 3.63) is 52.4 Å². The maximum Gasteiger partial charge on any atom is 0.141 e. The minimum absolute atomic E-state index is 0.121. The van der Waals surface area contributed by atoms with Crippen molar-refractivity contribution in [3.63, 3.8) is 0 Å². The summed E-state index contributed by atoms with van der Waals surface area (Å²) in [5, 5.41) is 0.594. The zero-order valence-corrected chi connectivity index (χ0v) is 18.1. The van der Waals surface area contributed by atoms with Gasteiger partial charge in [-0.25, -0.2) is 4.98 Å². The molecule has 0 unspecified atom stereocenters. The standard InChI is InChI=1S/C23H26ClN3O2/c1-5-28-21-7-6-17(12-19(21)24)23-26-22(18-10-14(2)25-15(3)11-18)20-8-9-29-16(4)13-27(20)23/h6-7,10-12,16H,5,8-9,13H2,1-4H3/t16-/m1/s1. The molecule has 3 aromatic rings. The SMILES string of the molecule is CCOc1ccc(-c2nc(-c3cc(C)nc(C)c3)c3n2C[C@@H](C)OCC3)cc1Cl. The number of ether oxygens (including phenoxy) is 2. The van der Waals surface area contributed by atoms with E-state index in [0.717, 1.165) is 47.0 Å². The van der Waals surface area contributed by atoms with E-state index in [1.54, 1.807) is 0 Å². The number of aryl methyl sites for hydroxylation is 2. The first-order chi connectivity index (χ1) is 14.0. The van der Waals surface area contributed by atoms with Gasteiger partial charge in [0.1, 0.15) is 11.6 Å². The average molecular weight is 412 g/mol. The molecule has 0 spiro atoms. The molecule has 2 aromatic heterocycles. The summed E-state index contributed by atoms with van der Waals surface area (Å²) in [5.74, 6) is 1.60. The highest BCUT2D eigenvalue weighted by Gasteiger charge is 2.24. The van der Waals surface area contributed by atoms with E-state index in [1.165, 1.54) is 5.69 Å². The van der Waals surface area contributed by atoms with Gasteiger partial charge in [-0.05, 0) is 58.0 Å². The van der Waals surface area contributed by atoms with Crippen LogP contribution in [0.2, 0.25) is 5.02 Å². The third-order valence-corrected chi connectivity index (χ3v) is 5.39. The van der Waals surface area contributed by atoms with Crippen LogP contribution >= 0.6 is 11.6 Å². The molecule has 0 saturated carbocycles. The molecule has 152 valence electrons. The van der Waals surface area contributed by atoms with Crippen LogP contribution in [0.15, 0.2) is 30.3 Å². The van der Waals surface area contributed by atoms with Crippen LogP contribution in [0.1, 0.15) is 30.9 Å². The monoisotopic (exact) mass is 411 g/mol. The molecule has 3 heterocycles. The van der Waals surface area contributed by atoms with Crippen LogP contribution in [-0.2, 0) is 17.7 Å². The van der Waals surface area contributed by atoms with Crippen molar-refractivity contribution < 1.29 is 9.47 Å². The topological polar surface area (TPSA) is 49.2 Å². The van der Waals surface area contributed by atoms with Gasteiger partial charge in [0.15, 0.2) is 0 Å². The van der Waals surface area contributed by atoms with E-state index >= 15 is 0 Å². The Hall–Kier alpha value is -2.37. The van der Waals surface area contributed by atoms with Crippen molar-refractivity contribution >= 4 is 11.6 Å². The molecule has 4 rings (SSSR count). The molecule has 0 amide bonds. The van der Waals surface area contributed by atoms with Crippen molar-refractivity contribution in [1.29, 1.82) is 0 Å². The molecule has 0 radical (unpaired) electrons. The summed E-state index contributed by atoms with van der Waals surface area (Å²) in [5.41, 5.74) is 6.24. The minimum atomic E-state index is 0.121. The predicted octanol–water partition coefficient (Wildman–Crippen LogP) is 5.24. The molecule has 0 bridgehead atoms. The Balaban J connectivity index is 1.88. The first-order valence-electron chi connectivity index (χ1n) is 10.1. The van der Waals surface area contributed by atoms with E-state index in [-0.39, 0.29) is 6.10 Å². The lowest BCUT2D eigenvalue weighted by Gasteiger charge is -2.13. The molecule has 1 aliphatic heterocycles. The van der Waals surface area contributed by atoms with Crippen molar-refractivity contribution in [2.24, 2.45) is 0 Å². The second-order valence-corrected chi connectivity index (χ2v) is 7.90. The van der Waals surface area contributed by atoms with Gasteiger partial charge in [-0.15, -0.1) is 0 Å². The Bertz CT molecular complexity index is 1020. The number of hydrogen-bond acceptors (Lipinski definition) is 4. The molecule has 0 N–H and O–H groups in total. The lowest BCUT2D eigenvalue weighted by atomic mass is 10.1. The lowest BCUT2D eigenvalue weighted by molar-refractivity contribution is 0.0666. The third-order valence-electron chi connectivity index (χ3n) is 5.10. The van der Waals surface area contributed by atoms with Gasteiger partial charge in [-0.2, -0.15) is 0 Å². The maximum atomic E-state index is 6.47. The van der Waals surface area contributed by atoms with Gasteiger partial charge in [0.05, 0.1) is 36.6 Å². The van der Waals surface area contributed by atoms with E-state index in [1.807, 2.05) is 39.0 Å². The fraction of sp³-hybridized carbons (Fsp3) is 0.391. The summed E-state index contributed by atoms with van der Waals surface area (Å²) in [7, 11) is 0.